The van der Waals surface area contributed by atoms with Crippen LogP contribution in [-0.2, 0) is 11.3 Å². The molecule has 2 aromatic rings. The van der Waals surface area contributed by atoms with Gasteiger partial charge < -0.3 is 10.1 Å². The lowest BCUT2D eigenvalue weighted by Crippen LogP contribution is -2.40. The van der Waals surface area contributed by atoms with E-state index in [0.717, 1.165) is 48.4 Å². The van der Waals surface area contributed by atoms with Gasteiger partial charge in [0.05, 0.1) is 12.5 Å². The van der Waals surface area contributed by atoms with Crippen molar-refractivity contribution in [2.75, 3.05) is 25.0 Å². The molecule has 1 aliphatic heterocycles. The first-order chi connectivity index (χ1) is 12.6. The van der Waals surface area contributed by atoms with Gasteiger partial charge in [0.1, 0.15) is 5.75 Å². The zero-order valence-electron chi connectivity index (χ0n) is 15.1. The monoisotopic (exact) mass is 416 g/mol. The highest BCUT2D eigenvalue weighted by Crippen LogP contribution is 2.22. The predicted molar refractivity (Wildman–Crippen MR) is 108 cm³/mol. The minimum atomic E-state index is 0.0331. The second-order valence-corrected chi connectivity index (χ2v) is 7.56. The van der Waals surface area contributed by atoms with Crippen molar-refractivity contribution in [3.63, 3.8) is 0 Å². The van der Waals surface area contributed by atoms with Gasteiger partial charge in [0.25, 0.3) is 0 Å². The van der Waals surface area contributed by atoms with E-state index in [0.29, 0.717) is 6.61 Å². The third kappa shape index (κ3) is 5.32. The molecule has 1 N–H and O–H groups in total. The normalized spacial score (nSPS) is 17.7. The lowest BCUT2D eigenvalue weighted by molar-refractivity contribution is -0.121. The number of halogens is 1. The molecule has 1 amide bonds. The molecular weight excluding hydrogens is 392 g/mol. The molecule has 0 saturated carbocycles. The Balaban J connectivity index is 1.54. The first-order valence-corrected chi connectivity index (χ1v) is 9.94. The van der Waals surface area contributed by atoms with Crippen molar-refractivity contribution in [2.24, 2.45) is 5.92 Å². The van der Waals surface area contributed by atoms with Gasteiger partial charge in [0.15, 0.2) is 0 Å². The van der Waals surface area contributed by atoms with Crippen LogP contribution in [0.3, 0.4) is 0 Å². The summed E-state index contributed by atoms with van der Waals surface area (Å²) in [5, 5.41) is 3.05. The van der Waals surface area contributed by atoms with E-state index in [1.807, 2.05) is 31.2 Å². The van der Waals surface area contributed by atoms with Crippen LogP contribution in [0.2, 0.25) is 0 Å². The summed E-state index contributed by atoms with van der Waals surface area (Å²) in [5.41, 5.74) is 2.10. The van der Waals surface area contributed by atoms with Gasteiger partial charge in [-0.1, -0.05) is 28.1 Å². The first-order valence-electron chi connectivity index (χ1n) is 9.14. The molecule has 2 aromatic carbocycles. The zero-order chi connectivity index (χ0) is 18.4. The van der Waals surface area contributed by atoms with E-state index in [-0.39, 0.29) is 11.8 Å². The number of carbonyl (C=O) groups is 1. The van der Waals surface area contributed by atoms with Gasteiger partial charge in [-0.25, -0.2) is 0 Å². The zero-order valence-corrected chi connectivity index (χ0v) is 16.7. The Bertz CT molecular complexity index is 716. The fourth-order valence-electron chi connectivity index (χ4n) is 3.31. The van der Waals surface area contributed by atoms with Crippen molar-refractivity contribution in [1.29, 1.82) is 0 Å². The SMILES string of the molecule is CCOc1ccc(NC(=O)C2CCCN(Cc3ccc(Br)cc3)C2)cc1. The number of benzene rings is 2. The van der Waals surface area contributed by atoms with E-state index in [1.54, 1.807) is 0 Å². The Morgan fingerprint density at radius 2 is 1.92 bits per heavy atom. The maximum absolute atomic E-state index is 12.6. The van der Waals surface area contributed by atoms with Gasteiger partial charge in [0, 0.05) is 23.2 Å². The van der Waals surface area contributed by atoms with Gasteiger partial charge in [-0.2, -0.15) is 0 Å². The number of ether oxygens (including phenoxy) is 1. The molecule has 1 aliphatic rings. The molecule has 26 heavy (non-hydrogen) atoms. The number of rotatable bonds is 6. The second-order valence-electron chi connectivity index (χ2n) is 6.65. The molecular formula is C21H25BrN2O2. The molecule has 0 radical (unpaired) electrons. The molecule has 4 nitrogen and oxygen atoms in total. The van der Waals surface area contributed by atoms with Crippen molar-refractivity contribution in [2.45, 2.75) is 26.3 Å². The van der Waals surface area contributed by atoms with E-state index in [2.05, 4.69) is 50.4 Å². The van der Waals surface area contributed by atoms with Crippen LogP contribution in [0, 0.1) is 5.92 Å². The standard InChI is InChI=1S/C21H25BrN2O2/c1-2-26-20-11-9-19(10-12-20)23-21(25)17-4-3-13-24(15-17)14-16-5-7-18(22)8-6-16/h5-12,17H,2-4,13-15H2,1H3,(H,23,25). The highest BCUT2D eigenvalue weighted by atomic mass is 79.9. The van der Waals surface area contributed by atoms with Gasteiger partial charge in [-0.05, 0) is 68.3 Å². The number of hydrogen-bond donors (Lipinski definition) is 1. The number of likely N-dealkylation sites (tertiary alicyclic amines) is 1. The predicted octanol–water partition coefficient (Wildman–Crippen LogP) is 4.70. The van der Waals surface area contributed by atoms with Crippen LogP contribution in [0.15, 0.2) is 53.0 Å². The van der Waals surface area contributed by atoms with Crippen molar-refractivity contribution >= 4 is 27.5 Å². The van der Waals surface area contributed by atoms with E-state index < -0.39 is 0 Å². The fraction of sp³-hybridized carbons (Fsp3) is 0.381. The Labute approximate surface area is 163 Å². The molecule has 1 atom stereocenters. The van der Waals surface area contributed by atoms with Crippen molar-refractivity contribution in [1.82, 2.24) is 4.90 Å². The lowest BCUT2D eigenvalue weighted by atomic mass is 9.96. The van der Waals surface area contributed by atoms with Crippen LogP contribution < -0.4 is 10.1 Å². The Morgan fingerprint density at radius 1 is 1.19 bits per heavy atom. The molecule has 1 unspecified atom stereocenters. The molecule has 0 bridgehead atoms. The van der Waals surface area contributed by atoms with E-state index in [4.69, 9.17) is 4.74 Å². The smallest absolute Gasteiger partial charge is 0.228 e. The van der Waals surface area contributed by atoms with Crippen molar-refractivity contribution in [3.05, 3.63) is 58.6 Å². The average molecular weight is 417 g/mol. The molecule has 1 fully saturated rings. The minimum Gasteiger partial charge on any atom is -0.494 e. The highest BCUT2D eigenvalue weighted by molar-refractivity contribution is 9.10. The Hall–Kier alpha value is -1.85. The average Bonchev–Trinajstić information content (AvgIpc) is 2.66. The van der Waals surface area contributed by atoms with E-state index in [9.17, 15) is 4.79 Å². The summed E-state index contributed by atoms with van der Waals surface area (Å²) in [6.07, 6.45) is 2.00. The third-order valence-electron chi connectivity index (χ3n) is 4.63. The molecule has 0 aliphatic carbocycles. The lowest BCUT2D eigenvalue weighted by Gasteiger charge is -2.32. The summed E-state index contributed by atoms with van der Waals surface area (Å²) in [7, 11) is 0. The van der Waals surface area contributed by atoms with Crippen LogP contribution in [0.1, 0.15) is 25.3 Å². The van der Waals surface area contributed by atoms with Crippen LogP contribution in [-0.4, -0.2) is 30.5 Å². The van der Waals surface area contributed by atoms with E-state index >= 15 is 0 Å². The molecule has 1 saturated heterocycles. The number of nitrogens with zero attached hydrogens (tertiary/aromatic N) is 1. The van der Waals surface area contributed by atoms with Crippen LogP contribution in [0.5, 0.6) is 5.75 Å². The summed E-state index contributed by atoms with van der Waals surface area (Å²) in [4.78, 5) is 15.0. The Morgan fingerprint density at radius 3 is 2.62 bits per heavy atom. The van der Waals surface area contributed by atoms with Crippen molar-refractivity contribution < 1.29 is 9.53 Å². The maximum atomic E-state index is 12.6. The number of carbonyl (C=O) groups excluding carboxylic acids is 1. The summed E-state index contributed by atoms with van der Waals surface area (Å²) < 4.78 is 6.53. The summed E-state index contributed by atoms with van der Waals surface area (Å²) in [5.74, 6) is 0.962. The molecule has 1 heterocycles. The maximum Gasteiger partial charge on any atom is 0.228 e. The highest BCUT2D eigenvalue weighted by Gasteiger charge is 2.25. The molecule has 0 spiro atoms. The number of amides is 1. The number of piperidine rings is 1. The summed E-state index contributed by atoms with van der Waals surface area (Å²) in [6, 6.07) is 16.0. The quantitative estimate of drug-likeness (QED) is 0.741. The van der Waals surface area contributed by atoms with E-state index in [1.165, 1.54) is 5.56 Å². The number of hydrogen-bond acceptors (Lipinski definition) is 3. The van der Waals surface area contributed by atoms with Gasteiger partial charge in [0.2, 0.25) is 5.91 Å². The van der Waals surface area contributed by atoms with Gasteiger partial charge in [-0.3, -0.25) is 9.69 Å². The van der Waals surface area contributed by atoms with Crippen LogP contribution >= 0.6 is 15.9 Å². The second kappa shape index (κ2) is 9.19. The molecule has 138 valence electrons. The molecule has 3 rings (SSSR count). The molecule has 5 heteroatoms. The van der Waals surface area contributed by atoms with Crippen LogP contribution in [0.4, 0.5) is 5.69 Å². The van der Waals surface area contributed by atoms with Crippen molar-refractivity contribution in [3.8, 4) is 5.75 Å². The largest absolute Gasteiger partial charge is 0.494 e. The Kier molecular flexibility index (Phi) is 6.69. The van der Waals surface area contributed by atoms with Gasteiger partial charge in [-0.15, -0.1) is 0 Å². The summed E-state index contributed by atoms with van der Waals surface area (Å²) >= 11 is 3.47. The minimum absolute atomic E-state index is 0.0331. The van der Waals surface area contributed by atoms with Crippen LogP contribution in [0.25, 0.3) is 0 Å². The fourth-order valence-corrected chi connectivity index (χ4v) is 3.57. The number of anilines is 1. The van der Waals surface area contributed by atoms with Gasteiger partial charge >= 0.3 is 0 Å². The molecule has 0 aromatic heterocycles. The first kappa shape index (κ1) is 18.9. The third-order valence-corrected chi connectivity index (χ3v) is 5.16. The number of nitrogens with one attached hydrogen (secondary N) is 1. The topological polar surface area (TPSA) is 41.6 Å². The summed E-state index contributed by atoms with van der Waals surface area (Å²) in [6.45, 7) is 5.34.